The highest BCUT2D eigenvalue weighted by Gasteiger charge is 2.02. The monoisotopic (exact) mass is 329 g/mol. The number of para-hydroxylation sites is 2. The standard InChI is InChI=1S/C18H23N3O3/c1-22-11-12-24-15-9-7-14(8-10-15)13-20-18(19)21-16-5-3-4-6-17(16)23-2/h3-10H,11-13H2,1-2H3,(H3,19,20,21). The van der Waals surface area contributed by atoms with E-state index in [1.54, 1.807) is 14.2 Å². The van der Waals surface area contributed by atoms with Gasteiger partial charge >= 0.3 is 0 Å². The molecule has 0 radical (unpaired) electrons. The molecule has 0 bridgehead atoms. The van der Waals surface area contributed by atoms with Gasteiger partial charge in [0.2, 0.25) is 0 Å². The Morgan fingerprint density at radius 1 is 1.04 bits per heavy atom. The molecule has 0 aromatic heterocycles. The van der Waals surface area contributed by atoms with Crippen molar-refractivity contribution in [1.82, 2.24) is 0 Å². The van der Waals surface area contributed by atoms with Gasteiger partial charge in [-0.3, -0.25) is 0 Å². The lowest BCUT2D eigenvalue weighted by Crippen LogP contribution is -2.22. The van der Waals surface area contributed by atoms with E-state index in [1.807, 2.05) is 48.5 Å². The lowest BCUT2D eigenvalue weighted by Gasteiger charge is -2.10. The molecule has 6 nitrogen and oxygen atoms in total. The van der Waals surface area contributed by atoms with Crippen LogP contribution in [-0.4, -0.2) is 33.4 Å². The Balaban J connectivity index is 1.90. The van der Waals surface area contributed by atoms with Gasteiger partial charge in [-0.1, -0.05) is 24.3 Å². The first kappa shape index (κ1) is 17.6. The lowest BCUT2D eigenvalue weighted by atomic mass is 10.2. The topological polar surface area (TPSA) is 78.1 Å². The maximum atomic E-state index is 5.93. The van der Waals surface area contributed by atoms with Crippen LogP contribution in [0.4, 0.5) is 5.69 Å². The third kappa shape index (κ3) is 5.48. The zero-order chi connectivity index (χ0) is 17.2. The number of hydrogen-bond acceptors (Lipinski definition) is 4. The van der Waals surface area contributed by atoms with E-state index in [1.165, 1.54) is 0 Å². The molecule has 0 fully saturated rings. The molecule has 24 heavy (non-hydrogen) atoms. The number of nitrogens with two attached hydrogens (primary N) is 1. The third-order valence-corrected chi connectivity index (χ3v) is 3.28. The Labute approximate surface area is 142 Å². The molecule has 0 spiro atoms. The van der Waals surface area contributed by atoms with Crippen molar-refractivity contribution in [3.05, 3.63) is 54.1 Å². The van der Waals surface area contributed by atoms with Crippen LogP contribution in [0.15, 0.2) is 53.5 Å². The molecule has 2 aromatic rings. The zero-order valence-electron chi connectivity index (χ0n) is 14.0. The number of nitrogens with one attached hydrogen (secondary N) is 1. The van der Waals surface area contributed by atoms with Crippen LogP contribution in [0.2, 0.25) is 0 Å². The highest BCUT2D eigenvalue weighted by Crippen LogP contribution is 2.22. The summed E-state index contributed by atoms with van der Waals surface area (Å²) in [5.41, 5.74) is 7.75. The van der Waals surface area contributed by atoms with E-state index in [2.05, 4.69) is 10.3 Å². The number of rotatable bonds is 8. The summed E-state index contributed by atoms with van der Waals surface area (Å²) in [7, 11) is 3.26. The number of aliphatic imine (C=N–C) groups is 1. The molecule has 0 atom stereocenters. The minimum atomic E-state index is 0.333. The second-order valence-corrected chi connectivity index (χ2v) is 5.01. The fourth-order valence-electron chi connectivity index (χ4n) is 2.04. The first-order valence-corrected chi connectivity index (χ1v) is 7.63. The Morgan fingerprint density at radius 2 is 1.79 bits per heavy atom. The molecular formula is C18H23N3O3. The summed E-state index contributed by atoms with van der Waals surface area (Å²) in [5.74, 6) is 1.85. The lowest BCUT2D eigenvalue weighted by molar-refractivity contribution is 0.146. The molecule has 2 rings (SSSR count). The minimum absolute atomic E-state index is 0.333. The van der Waals surface area contributed by atoms with Crippen molar-refractivity contribution in [2.45, 2.75) is 6.54 Å². The summed E-state index contributed by atoms with van der Waals surface area (Å²) in [4.78, 5) is 4.34. The van der Waals surface area contributed by atoms with Gasteiger partial charge in [0.1, 0.15) is 18.1 Å². The summed E-state index contributed by atoms with van der Waals surface area (Å²) in [6.45, 7) is 1.58. The molecule has 0 unspecified atom stereocenters. The molecular weight excluding hydrogens is 306 g/mol. The fraction of sp³-hybridized carbons (Fsp3) is 0.278. The van der Waals surface area contributed by atoms with Gasteiger partial charge in [-0.05, 0) is 29.8 Å². The fourth-order valence-corrected chi connectivity index (χ4v) is 2.04. The molecule has 0 saturated heterocycles. The van der Waals surface area contributed by atoms with Crippen molar-refractivity contribution >= 4 is 11.6 Å². The summed E-state index contributed by atoms with van der Waals surface area (Å²) in [5, 5.41) is 3.04. The molecule has 0 saturated carbocycles. The summed E-state index contributed by atoms with van der Waals surface area (Å²) in [6.07, 6.45) is 0. The van der Waals surface area contributed by atoms with E-state index in [4.69, 9.17) is 19.9 Å². The van der Waals surface area contributed by atoms with Gasteiger partial charge < -0.3 is 25.3 Å². The van der Waals surface area contributed by atoms with Crippen molar-refractivity contribution in [2.75, 3.05) is 32.8 Å². The predicted molar refractivity (Wildman–Crippen MR) is 95.8 cm³/mol. The van der Waals surface area contributed by atoms with E-state index < -0.39 is 0 Å². The van der Waals surface area contributed by atoms with Crippen LogP contribution in [0.3, 0.4) is 0 Å². The largest absolute Gasteiger partial charge is 0.495 e. The van der Waals surface area contributed by atoms with Crippen molar-refractivity contribution in [2.24, 2.45) is 10.7 Å². The maximum Gasteiger partial charge on any atom is 0.193 e. The average Bonchev–Trinajstić information content (AvgIpc) is 2.62. The molecule has 0 aliphatic heterocycles. The van der Waals surface area contributed by atoms with E-state index in [0.29, 0.717) is 31.5 Å². The van der Waals surface area contributed by atoms with E-state index in [-0.39, 0.29) is 0 Å². The van der Waals surface area contributed by atoms with Gasteiger partial charge in [-0.2, -0.15) is 0 Å². The Kier molecular flexibility index (Phi) is 6.91. The van der Waals surface area contributed by atoms with Gasteiger partial charge in [0.05, 0.1) is 25.9 Å². The second kappa shape index (κ2) is 9.42. The van der Waals surface area contributed by atoms with Crippen molar-refractivity contribution < 1.29 is 14.2 Å². The number of nitrogens with zero attached hydrogens (tertiary/aromatic N) is 1. The van der Waals surface area contributed by atoms with Crippen LogP contribution in [0.5, 0.6) is 11.5 Å². The maximum absolute atomic E-state index is 5.93. The Bertz CT molecular complexity index is 657. The predicted octanol–water partition coefficient (Wildman–Crippen LogP) is 2.65. The first-order valence-electron chi connectivity index (χ1n) is 7.63. The van der Waals surface area contributed by atoms with Crippen LogP contribution < -0.4 is 20.5 Å². The van der Waals surface area contributed by atoms with Gasteiger partial charge in [-0.15, -0.1) is 0 Å². The van der Waals surface area contributed by atoms with E-state index in [0.717, 1.165) is 17.0 Å². The van der Waals surface area contributed by atoms with E-state index >= 15 is 0 Å². The van der Waals surface area contributed by atoms with Crippen LogP contribution in [0, 0.1) is 0 Å². The van der Waals surface area contributed by atoms with Gasteiger partial charge in [-0.25, -0.2) is 4.99 Å². The number of ether oxygens (including phenoxy) is 3. The molecule has 2 aromatic carbocycles. The van der Waals surface area contributed by atoms with Crippen molar-refractivity contribution in [3.63, 3.8) is 0 Å². The summed E-state index contributed by atoms with van der Waals surface area (Å²) >= 11 is 0. The first-order chi connectivity index (χ1) is 11.7. The smallest absolute Gasteiger partial charge is 0.193 e. The number of anilines is 1. The van der Waals surface area contributed by atoms with Gasteiger partial charge in [0, 0.05) is 7.11 Å². The molecule has 128 valence electrons. The molecule has 3 N–H and O–H groups in total. The van der Waals surface area contributed by atoms with Crippen LogP contribution in [0.25, 0.3) is 0 Å². The molecule has 0 amide bonds. The number of guanidine groups is 1. The Hall–Kier alpha value is -2.73. The number of methoxy groups -OCH3 is 2. The minimum Gasteiger partial charge on any atom is -0.495 e. The van der Waals surface area contributed by atoms with Crippen molar-refractivity contribution in [1.29, 1.82) is 0 Å². The quantitative estimate of drug-likeness (QED) is 0.442. The molecule has 0 aliphatic rings. The van der Waals surface area contributed by atoms with Gasteiger partial charge in [0.15, 0.2) is 5.96 Å². The van der Waals surface area contributed by atoms with Crippen LogP contribution in [-0.2, 0) is 11.3 Å². The highest BCUT2D eigenvalue weighted by atomic mass is 16.5. The number of benzene rings is 2. The SMILES string of the molecule is COCCOc1ccc(CN=C(N)Nc2ccccc2OC)cc1. The zero-order valence-corrected chi connectivity index (χ0v) is 14.0. The second-order valence-electron chi connectivity index (χ2n) is 5.01. The molecule has 0 aliphatic carbocycles. The molecule has 0 heterocycles. The number of hydrogen-bond donors (Lipinski definition) is 2. The Morgan fingerprint density at radius 3 is 2.50 bits per heavy atom. The van der Waals surface area contributed by atoms with Crippen molar-refractivity contribution in [3.8, 4) is 11.5 Å². The van der Waals surface area contributed by atoms with Gasteiger partial charge in [0.25, 0.3) is 0 Å². The van der Waals surface area contributed by atoms with E-state index in [9.17, 15) is 0 Å². The molecule has 6 heteroatoms. The summed E-state index contributed by atoms with van der Waals surface area (Å²) in [6, 6.07) is 15.3. The summed E-state index contributed by atoms with van der Waals surface area (Å²) < 4.78 is 15.7. The van der Waals surface area contributed by atoms with Crippen LogP contribution >= 0.6 is 0 Å². The van der Waals surface area contributed by atoms with Crippen LogP contribution in [0.1, 0.15) is 5.56 Å². The highest BCUT2D eigenvalue weighted by molar-refractivity contribution is 5.93. The normalized spacial score (nSPS) is 11.2. The average molecular weight is 329 g/mol. The third-order valence-electron chi connectivity index (χ3n) is 3.28.